The molecule has 2 rings (SSSR count). The van der Waals surface area contributed by atoms with Crippen molar-refractivity contribution in [1.29, 1.82) is 0 Å². The Labute approximate surface area is 109 Å². The minimum Gasteiger partial charge on any atom is -0.360 e. The molecule has 16 heavy (non-hydrogen) atoms. The molecule has 1 aromatic heterocycles. The summed E-state index contributed by atoms with van der Waals surface area (Å²) < 4.78 is 0.848. The second-order valence-electron chi connectivity index (χ2n) is 4.71. The fourth-order valence-electron chi connectivity index (χ4n) is 2.48. The molecule has 0 aliphatic heterocycles. The summed E-state index contributed by atoms with van der Waals surface area (Å²) in [5.74, 6) is 1.84. The van der Waals surface area contributed by atoms with Crippen molar-refractivity contribution in [3.8, 4) is 0 Å². The summed E-state index contributed by atoms with van der Waals surface area (Å²) in [6.07, 6.45) is 6.92. The molecule has 0 bridgehead atoms. The van der Waals surface area contributed by atoms with Crippen LogP contribution in [0.5, 0.6) is 0 Å². The van der Waals surface area contributed by atoms with E-state index in [9.17, 15) is 0 Å². The maximum absolute atomic E-state index is 4.02. The minimum atomic E-state index is 0.848. The average molecular weight is 304 g/mol. The van der Waals surface area contributed by atoms with Gasteiger partial charge in [0, 0.05) is 6.54 Å². The van der Waals surface area contributed by atoms with Crippen LogP contribution >= 0.6 is 27.3 Å². The normalized spacial score (nSPS) is 25.6. The molecule has 1 saturated carbocycles. The van der Waals surface area contributed by atoms with Gasteiger partial charge in [0.25, 0.3) is 0 Å². The Hall–Kier alpha value is -0.160. The fraction of sp³-hybridized carbons (Fsp3) is 0.818. The van der Waals surface area contributed by atoms with Crippen molar-refractivity contribution >= 4 is 32.4 Å². The summed E-state index contributed by atoms with van der Waals surface area (Å²) in [5, 5.41) is 12.2. The maximum atomic E-state index is 4.02. The van der Waals surface area contributed by atoms with E-state index in [4.69, 9.17) is 0 Å². The van der Waals surface area contributed by atoms with Gasteiger partial charge in [0.2, 0.25) is 5.13 Å². The highest BCUT2D eigenvalue weighted by molar-refractivity contribution is 9.11. The number of halogens is 1. The topological polar surface area (TPSA) is 37.8 Å². The van der Waals surface area contributed by atoms with Crippen LogP contribution in [0.4, 0.5) is 5.13 Å². The average Bonchev–Trinajstić information content (AvgIpc) is 2.64. The number of rotatable bonds is 4. The van der Waals surface area contributed by atoms with Crippen molar-refractivity contribution in [2.24, 2.45) is 11.8 Å². The van der Waals surface area contributed by atoms with Crippen molar-refractivity contribution in [2.45, 2.75) is 39.0 Å². The molecule has 1 fully saturated rings. The molecule has 0 spiro atoms. The van der Waals surface area contributed by atoms with Crippen LogP contribution in [0.15, 0.2) is 3.92 Å². The number of nitrogens with zero attached hydrogens (tertiary/aromatic N) is 2. The molecule has 0 aromatic carbocycles. The van der Waals surface area contributed by atoms with Gasteiger partial charge >= 0.3 is 0 Å². The van der Waals surface area contributed by atoms with Gasteiger partial charge in [-0.05, 0) is 40.6 Å². The van der Waals surface area contributed by atoms with E-state index >= 15 is 0 Å². The summed E-state index contributed by atoms with van der Waals surface area (Å²) in [6, 6.07) is 0. The van der Waals surface area contributed by atoms with Crippen LogP contribution in [0, 0.1) is 11.8 Å². The molecule has 0 saturated heterocycles. The van der Waals surface area contributed by atoms with E-state index in [0.717, 1.165) is 27.4 Å². The zero-order valence-electron chi connectivity index (χ0n) is 9.58. The van der Waals surface area contributed by atoms with Crippen LogP contribution < -0.4 is 5.32 Å². The number of nitrogens with one attached hydrogen (secondary N) is 1. The van der Waals surface area contributed by atoms with Gasteiger partial charge in [0.15, 0.2) is 3.92 Å². The van der Waals surface area contributed by atoms with Gasteiger partial charge in [-0.1, -0.05) is 37.5 Å². The molecule has 1 heterocycles. The molecule has 0 radical (unpaired) electrons. The van der Waals surface area contributed by atoms with Crippen molar-refractivity contribution in [1.82, 2.24) is 10.2 Å². The molecule has 1 aliphatic carbocycles. The molecule has 1 aromatic rings. The molecule has 0 amide bonds. The van der Waals surface area contributed by atoms with Gasteiger partial charge in [-0.2, -0.15) is 0 Å². The van der Waals surface area contributed by atoms with Crippen LogP contribution in [-0.2, 0) is 0 Å². The number of hydrogen-bond acceptors (Lipinski definition) is 4. The molecular weight excluding hydrogens is 286 g/mol. The number of aromatic nitrogens is 2. The highest BCUT2D eigenvalue weighted by atomic mass is 79.9. The Bertz CT molecular complexity index is 329. The summed E-state index contributed by atoms with van der Waals surface area (Å²) >= 11 is 4.87. The second-order valence-corrected chi connectivity index (χ2v) is 6.97. The molecular formula is C11H18BrN3S. The quantitative estimate of drug-likeness (QED) is 0.916. The fourth-order valence-corrected chi connectivity index (χ4v) is 3.52. The first-order valence-corrected chi connectivity index (χ1v) is 7.58. The number of anilines is 1. The van der Waals surface area contributed by atoms with E-state index < -0.39 is 0 Å². The van der Waals surface area contributed by atoms with E-state index in [-0.39, 0.29) is 0 Å². The monoisotopic (exact) mass is 303 g/mol. The summed E-state index contributed by atoms with van der Waals surface area (Å²) in [7, 11) is 0. The second kappa shape index (κ2) is 5.96. The van der Waals surface area contributed by atoms with E-state index in [1.165, 1.54) is 32.1 Å². The van der Waals surface area contributed by atoms with Gasteiger partial charge in [0.05, 0.1) is 0 Å². The first kappa shape index (κ1) is 12.3. The molecule has 1 aliphatic rings. The van der Waals surface area contributed by atoms with Crippen molar-refractivity contribution < 1.29 is 0 Å². The summed E-state index contributed by atoms with van der Waals surface area (Å²) in [6.45, 7) is 3.40. The Morgan fingerprint density at radius 3 is 3.00 bits per heavy atom. The van der Waals surface area contributed by atoms with Crippen LogP contribution in [0.3, 0.4) is 0 Å². The Balaban J connectivity index is 1.67. The van der Waals surface area contributed by atoms with Gasteiger partial charge in [0.1, 0.15) is 0 Å². The van der Waals surface area contributed by atoms with E-state index in [0.29, 0.717) is 0 Å². The lowest BCUT2D eigenvalue weighted by Gasteiger charge is -2.26. The maximum Gasteiger partial charge on any atom is 0.206 e. The Morgan fingerprint density at radius 1 is 1.44 bits per heavy atom. The Kier molecular flexibility index (Phi) is 4.58. The lowest BCUT2D eigenvalue weighted by atomic mass is 9.81. The van der Waals surface area contributed by atoms with Crippen LogP contribution in [-0.4, -0.2) is 16.7 Å². The zero-order valence-corrected chi connectivity index (χ0v) is 12.0. The van der Waals surface area contributed by atoms with Gasteiger partial charge in [-0.3, -0.25) is 0 Å². The lowest BCUT2D eigenvalue weighted by Crippen LogP contribution is -2.16. The summed E-state index contributed by atoms with van der Waals surface area (Å²) in [4.78, 5) is 0. The molecule has 90 valence electrons. The molecule has 2 unspecified atom stereocenters. The van der Waals surface area contributed by atoms with Crippen LogP contribution in [0.1, 0.15) is 39.0 Å². The smallest absolute Gasteiger partial charge is 0.206 e. The highest BCUT2D eigenvalue weighted by Gasteiger charge is 2.18. The third-order valence-corrected chi connectivity index (χ3v) is 4.59. The number of hydrogen-bond donors (Lipinski definition) is 1. The predicted molar refractivity (Wildman–Crippen MR) is 71.8 cm³/mol. The van der Waals surface area contributed by atoms with Gasteiger partial charge in [-0.25, -0.2) is 0 Å². The lowest BCUT2D eigenvalue weighted by molar-refractivity contribution is 0.274. The predicted octanol–water partition coefficient (Wildman–Crippen LogP) is 3.93. The van der Waals surface area contributed by atoms with Crippen molar-refractivity contribution in [3.05, 3.63) is 3.92 Å². The molecule has 5 heteroatoms. The van der Waals surface area contributed by atoms with Crippen LogP contribution in [0.25, 0.3) is 0 Å². The van der Waals surface area contributed by atoms with E-state index in [2.05, 4.69) is 38.4 Å². The molecule has 1 N–H and O–H groups in total. The minimum absolute atomic E-state index is 0.848. The molecule has 2 atom stereocenters. The largest absolute Gasteiger partial charge is 0.360 e. The highest BCUT2D eigenvalue weighted by Crippen LogP contribution is 2.30. The zero-order chi connectivity index (χ0) is 11.4. The van der Waals surface area contributed by atoms with Gasteiger partial charge in [-0.15, -0.1) is 10.2 Å². The molecule has 3 nitrogen and oxygen atoms in total. The summed E-state index contributed by atoms with van der Waals surface area (Å²) in [5.41, 5.74) is 0. The standard InChI is InChI=1S/C11H18BrN3S/c1-8-3-2-4-9(7-8)5-6-13-11-15-14-10(12)16-11/h8-9H,2-7H2,1H3,(H,13,15). The van der Waals surface area contributed by atoms with Crippen molar-refractivity contribution in [2.75, 3.05) is 11.9 Å². The van der Waals surface area contributed by atoms with Crippen molar-refractivity contribution in [3.63, 3.8) is 0 Å². The van der Waals surface area contributed by atoms with E-state index in [1.54, 1.807) is 11.3 Å². The third kappa shape index (κ3) is 3.70. The SMILES string of the molecule is CC1CCCC(CCNc2nnc(Br)s2)C1. The van der Waals surface area contributed by atoms with Crippen LogP contribution in [0.2, 0.25) is 0 Å². The first-order chi connectivity index (χ1) is 7.74. The Morgan fingerprint density at radius 2 is 2.31 bits per heavy atom. The van der Waals surface area contributed by atoms with Gasteiger partial charge < -0.3 is 5.32 Å². The van der Waals surface area contributed by atoms with E-state index in [1.807, 2.05) is 0 Å². The third-order valence-electron chi connectivity index (χ3n) is 3.27. The first-order valence-electron chi connectivity index (χ1n) is 5.97.